The molecular weight excluding hydrogens is 433 g/mol. The average molecular weight is 456 g/mol. The first kappa shape index (κ1) is 21.9. The van der Waals surface area contributed by atoms with Gasteiger partial charge in [0.25, 0.3) is 0 Å². The van der Waals surface area contributed by atoms with Gasteiger partial charge in [-0.05, 0) is 42.5 Å². The molecule has 1 saturated heterocycles. The van der Waals surface area contributed by atoms with Gasteiger partial charge in [-0.15, -0.1) is 0 Å². The van der Waals surface area contributed by atoms with Gasteiger partial charge < -0.3 is 14.8 Å². The van der Waals surface area contributed by atoms with Gasteiger partial charge in [0.2, 0.25) is 10.0 Å². The third-order valence-electron chi connectivity index (χ3n) is 5.80. The van der Waals surface area contributed by atoms with Gasteiger partial charge in [0.1, 0.15) is 23.9 Å². The molecule has 2 aliphatic heterocycles. The number of nitrogens with one attached hydrogen (secondary N) is 2. The minimum Gasteiger partial charge on any atom is -0.491 e. The summed E-state index contributed by atoms with van der Waals surface area (Å²) < 4.78 is 81.9. The molecule has 1 fully saturated rings. The van der Waals surface area contributed by atoms with Crippen molar-refractivity contribution in [1.29, 1.82) is 0 Å². The number of halogens is 3. The van der Waals surface area contributed by atoms with Crippen LogP contribution in [-0.4, -0.2) is 34.8 Å². The van der Waals surface area contributed by atoms with Crippen LogP contribution < -0.4 is 14.8 Å². The molecule has 0 bridgehead atoms. The second-order valence-corrected chi connectivity index (χ2v) is 9.94. The monoisotopic (exact) mass is 456 g/mol. The van der Waals surface area contributed by atoms with E-state index in [0.29, 0.717) is 31.8 Å². The van der Waals surface area contributed by atoms with Crippen molar-refractivity contribution in [3.8, 4) is 5.75 Å². The Labute approximate surface area is 178 Å². The van der Waals surface area contributed by atoms with Gasteiger partial charge in [-0.3, -0.25) is 0 Å². The van der Waals surface area contributed by atoms with E-state index in [-0.39, 0.29) is 24.1 Å². The van der Waals surface area contributed by atoms with E-state index in [0.717, 1.165) is 12.1 Å². The summed E-state index contributed by atoms with van der Waals surface area (Å²) in [7, 11) is -4.13. The SMILES string of the molecule is CC1(CNS(=O)(=O)c2cc(F)c(NC3COc4cccc(F)c43)c(F)c2)CCOCC1. The highest BCUT2D eigenvalue weighted by Gasteiger charge is 2.32. The van der Waals surface area contributed by atoms with Crippen molar-refractivity contribution in [3.63, 3.8) is 0 Å². The van der Waals surface area contributed by atoms with Gasteiger partial charge in [0.15, 0.2) is 11.6 Å². The molecule has 31 heavy (non-hydrogen) atoms. The summed E-state index contributed by atoms with van der Waals surface area (Å²) in [6.07, 6.45) is 1.37. The standard InChI is InChI=1S/C21H23F3N2O4S/c1-21(5-7-29-8-6-21)12-25-31(27,28)13-9-15(23)20(16(24)10-13)26-17-11-30-18-4-2-3-14(22)19(17)18/h2-4,9-10,17,25-26H,5-8,11-12H2,1H3. The molecule has 0 aromatic heterocycles. The van der Waals surface area contributed by atoms with E-state index >= 15 is 0 Å². The van der Waals surface area contributed by atoms with Crippen LogP contribution in [0.15, 0.2) is 35.2 Å². The largest absolute Gasteiger partial charge is 0.491 e. The van der Waals surface area contributed by atoms with Gasteiger partial charge in [0, 0.05) is 19.8 Å². The van der Waals surface area contributed by atoms with E-state index < -0.39 is 44.1 Å². The van der Waals surface area contributed by atoms with E-state index in [9.17, 15) is 21.6 Å². The molecule has 6 nitrogen and oxygen atoms in total. The van der Waals surface area contributed by atoms with E-state index in [4.69, 9.17) is 9.47 Å². The maximum Gasteiger partial charge on any atom is 0.240 e. The number of hydrogen-bond donors (Lipinski definition) is 2. The average Bonchev–Trinajstić information content (AvgIpc) is 3.14. The molecule has 2 heterocycles. The molecule has 0 amide bonds. The molecule has 2 aliphatic rings. The van der Waals surface area contributed by atoms with Crippen molar-refractivity contribution in [1.82, 2.24) is 4.72 Å². The Balaban J connectivity index is 1.52. The van der Waals surface area contributed by atoms with Crippen LogP contribution in [0, 0.1) is 22.9 Å². The second-order valence-electron chi connectivity index (χ2n) is 8.17. The fraction of sp³-hybridized carbons (Fsp3) is 0.429. The summed E-state index contributed by atoms with van der Waals surface area (Å²) in [6, 6.07) is 4.96. The molecular formula is C21H23F3N2O4S. The van der Waals surface area contributed by atoms with Crippen LogP contribution in [0.5, 0.6) is 5.75 Å². The maximum absolute atomic E-state index is 14.7. The summed E-state index contributed by atoms with van der Waals surface area (Å²) in [5, 5.41) is 2.60. The Morgan fingerprint density at radius 3 is 2.45 bits per heavy atom. The van der Waals surface area contributed by atoms with E-state index in [1.54, 1.807) is 6.07 Å². The Bertz CT molecular complexity index is 1070. The number of ether oxygens (including phenoxy) is 2. The minimum absolute atomic E-state index is 0.0148. The number of hydrogen-bond acceptors (Lipinski definition) is 5. The van der Waals surface area contributed by atoms with Crippen LogP contribution in [0.3, 0.4) is 0 Å². The molecule has 2 aromatic rings. The normalized spacial score (nSPS) is 20.2. The highest BCUT2D eigenvalue weighted by Crippen LogP contribution is 2.37. The first-order chi connectivity index (χ1) is 14.7. The zero-order chi connectivity index (χ0) is 22.2. The molecule has 168 valence electrons. The van der Waals surface area contributed by atoms with E-state index in [1.807, 2.05) is 6.92 Å². The Kier molecular flexibility index (Phi) is 5.89. The molecule has 0 radical (unpaired) electrons. The summed E-state index contributed by atoms with van der Waals surface area (Å²) in [5.74, 6) is -2.45. The molecule has 1 unspecified atom stereocenters. The molecule has 4 rings (SSSR count). The summed E-state index contributed by atoms with van der Waals surface area (Å²) in [6.45, 7) is 3.14. The van der Waals surface area contributed by atoms with Gasteiger partial charge in [0.05, 0.1) is 16.5 Å². The van der Waals surface area contributed by atoms with Crippen molar-refractivity contribution in [2.75, 3.05) is 31.7 Å². The predicted octanol–water partition coefficient (Wildman–Crippen LogP) is 3.74. The van der Waals surface area contributed by atoms with Gasteiger partial charge in [-0.25, -0.2) is 26.3 Å². The predicted molar refractivity (Wildman–Crippen MR) is 108 cm³/mol. The van der Waals surface area contributed by atoms with Crippen molar-refractivity contribution < 1.29 is 31.1 Å². The first-order valence-corrected chi connectivity index (χ1v) is 11.4. The number of rotatable bonds is 6. The molecule has 0 aliphatic carbocycles. The Hall–Kier alpha value is -2.30. The van der Waals surface area contributed by atoms with Crippen LogP contribution in [0.25, 0.3) is 0 Å². The summed E-state index contributed by atoms with van der Waals surface area (Å²) in [4.78, 5) is -0.516. The van der Waals surface area contributed by atoms with Crippen molar-refractivity contribution in [2.45, 2.75) is 30.7 Å². The number of sulfonamides is 1. The van der Waals surface area contributed by atoms with Crippen LogP contribution in [0.4, 0.5) is 18.9 Å². The smallest absolute Gasteiger partial charge is 0.240 e. The quantitative estimate of drug-likeness (QED) is 0.693. The van der Waals surface area contributed by atoms with Crippen molar-refractivity contribution >= 4 is 15.7 Å². The van der Waals surface area contributed by atoms with Gasteiger partial charge in [-0.1, -0.05) is 13.0 Å². The lowest BCUT2D eigenvalue weighted by atomic mass is 9.83. The summed E-state index contributed by atoms with van der Waals surface area (Å²) in [5.41, 5.74) is -0.659. The van der Waals surface area contributed by atoms with Crippen molar-refractivity contribution in [2.24, 2.45) is 5.41 Å². The number of anilines is 1. The lowest BCUT2D eigenvalue weighted by Gasteiger charge is -2.33. The number of fused-ring (bicyclic) bond motifs is 1. The third-order valence-corrected chi connectivity index (χ3v) is 7.18. The molecule has 1 atom stereocenters. The molecule has 2 N–H and O–H groups in total. The van der Waals surface area contributed by atoms with Crippen molar-refractivity contribution in [3.05, 3.63) is 53.3 Å². The topological polar surface area (TPSA) is 76.7 Å². The highest BCUT2D eigenvalue weighted by molar-refractivity contribution is 7.89. The fourth-order valence-electron chi connectivity index (χ4n) is 3.76. The maximum atomic E-state index is 14.7. The highest BCUT2D eigenvalue weighted by atomic mass is 32.2. The zero-order valence-electron chi connectivity index (χ0n) is 16.9. The van der Waals surface area contributed by atoms with Crippen LogP contribution in [0.1, 0.15) is 31.4 Å². The number of benzene rings is 2. The van der Waals surface area contributed by atoms with E-state index in [1.165, 1.54) is 12.1 Å². The molecule has 10 heteroatoms. The van der Waals surface area contributed by atoms with Gasteiger partial charge >= 0.3 is 0 Å². The fourth-order valence-corrected chi connectivity index (χ4v) is 4.98. The van der Waals surface area contributed by atoms with Crippen LogP contribution in [0.2, 0.25) is 0 Å². The van der Waals surface area contributed by atoms with Gasteiger partial charge in [-0.2, -0.15) is 0 Å². The Morgan fingerprint density at radius 2 is 1.77 bits per heavy atom. The second kappa shape index (κ2) is 8.33. The molecule has 0 spiro atoms. The zero-order valence-corrected chi connectivity index (χ0v) is 17.7. The molecule has 2 aromatic carbocycles. The third kappa shape index (κ3) is 4.51. The van der Waals surface area contributed by atoms with Crippen LogP contribution in [-0.2, 0) is 14.8 Å². The Morgan fingerprint density at radius 1 is 1.10 bits per heavy atom. The summed E-state index contributed by atoms with van der Waals surface area (Å²) >= 11 is 0. The lowest BCUT2D eigenvalue weighted by Crippen LogP contribution is -2.39. The minimum atomic E-state index is -4.13. The van der Waals surface area contributed by atoms with E-state index in [2.05, 4.69) is 10.0 Å². The molecule has 0 saturated carbocycles. The lowest BCUT2D eigenvalue weighted by molar-refractivity contribution is 0.0264. The first-order valence-electron chi connectivity index (χ1n) is 9.93. The van der Waals surface area contributed by atoms with Crippen LogP contribution >= 0.6 is 0 Å².